The van der Waals surface area contributed by atoms with Crippen LogP contribution in [0.2, 0.25) is 0 Å². The smallest absolute Gasteiger partial charge is 0.323 e. The molecule has 1 aromatic rings. The molecule has 0 bridgehead atoms. The molecule has 1 atom stereocenters. The molecule has 18 heavy (non-hydrogen) atoms. The summed E-state index contributed by atoms with van der Waals surface area (Å²) in [5.41, 5.74) is 0.518. The summed E-state index contributed by atoms with van der Waals surface area (Å²) in [6.45, 7) is 1.73. The van der Waals surface area contributed by atoms with Gasteiger partial charge in [-0.1, -0.05) is 30.3 Å². The largest absolute Gasteiger partial charge is 0.480 e. The van der Waals surface area contributed by atoms with Crippen molar-refractivity contribution in [3.63, 3.8) is 0 Å². The zero-order chi connectivity index (χ0) is 13.4. The lowest BCUT2D eigenvalue weighted by atomic mass is 9.97. The highest BCUT2D eigenvalue weighted by atomic mass is 32.2. The van der Waals surface area contributed by atoms with Gasteiger partial charge in [0.15, 0.2) is 0 Å². The molecule has 0 aliphatic carbocycles. The first kappa shape index (κ1) is 15.1. The van der Waals surface area contributed by atoms with E-state index in [1.54, 1.807) is 14.0 Å². The van der Waals surface area contributed by atoms with Gasteiger partial charge in [-0.05, 0) is 38.1 Å². The quantitative estimate of drug-likeness (QED) is 0.711. The van der Waals surface area contributed by atoms with E-state index in [0.29, 0.717) is 6.42 Å². The van der Waals surface area contributed by atoms with Gasteiger partial charge in [0, 0.05) is 5.75 Å². The minimum absolute atomic E-state index is 0.653. The van der Waals surface area contributed by atoms with Crippen molar-refractivity contribution in [2.24, 2.45) is 0 Å². The Labute approximate surface area is 113 Å². The lowest BCUT2D eigenvalue weighted by Gasteiger charge is -2.23. The summed E-state index contributed by atoms with van der Waals surface area (Å²) in [6, 6.07) is 10.3. The van der Waals surface area contributed by atoms with Crippen LogP contribution in [0.25, 0.3) is 0 Å². The number of hydrogen-bond acceptors (Lipinski definition) is 3. The Hall–Kier alpha value is -1.00. The number of carboxylic acids is 1. The van der Waals surface area contributed by atoms with Crippen molar-refractivity contribution in [2.45, 2.75) is 31.1 Å². The van der Waals surface area contributed by atoms with Crippen molar-refractivity contribution >= 4 is 17.7 Å². The first-order valence-electron chi connectivity index (χ1n) is 6.12. The van der Waals surface area contributed by atoms with Crippen LogP contribution in [0.5, 0.6) is 0 Å². The molecule has 0 aromatic heterocycles. The van der Waals surface area contributed by atoms with E-state index in [2.05, 4.69) is 17.4 Å². The lowest BCUT2D eigenvalue weighted by Crippen LogP contribution is -2.47. The number of aliphatic carboxylic acids is 1. The number of hydrogen-bond donors (Lipinski definition) is 2. The second-order valence-corrected chi connectivity index (χ2v) is 5.63. The molecule has 1 aromatic carbocycles. The molecular weight excluding hydrogens is 246 g/mol. The Morgan fingerprint density at radius 3 is 2.61 bits per heavy atom. The van der Waals surface area contributed by atoms with Gasteiger partial charge in [0.1, 0.15) is 5.54 Å². The SMILES string of the molecule is CNC(C)(CCCSCc1ccccc1)C(=O)O. The summed E-state index contributed by atoms with van der Waals surface area (Å²) in [7, 11) is 1.70. The summed E-state index contributed by atoms with van der Waals surface area (Å²) in [4.78, 5) is 11.1. The highest BCUT2D eigenvalue weighted by molar-refractivity contribution is 7.98. The first-order valence-corrected chi connectivity index (χ1v) is 7.28. The number of nitrogens with one attached hydrogen (secondary N) is 1. The van der Waals surface area contributed by atoms with E-state index in [9.17, 15) is 4.79 Å². The van der Waals surface area contributed by atoms with Gasteiger partial charge in [-0.3, -0.25) is 4.79 Å². The number of carboxylic acid groups (broad SMARTS) is 1. The molecule has 0 heterocycles. The van der Waals surface area contributed by atoms with E-state index in [0.717, 1.165) is 17.9 Å². The molecule has 0 spiro atoms. The summed E-state index contributed by atoms with van der Waals surface area (Å²) in [5.74, 6) is 1.20. The highest BCUT2D eigenvalue weighted by Gasteiger charge is 2.29. The van der Waals surface area contributed by atoms with Gasteiger partial charge < -0.3 is 10.4 Å². The number of benzene rings is 1. The van der Waals surface area contributed by atoms with Crippen molar-refractivity contribution in [2.75, 3.05) is 12.8 Å². The molecule has 4 heteroatoms. The Morgan fingerprint density at radius 2 is 2.06 bits per heavy atom. The monoisotopic (exact) mass is 267 g/mol. The molecule has 0 aliphatic rings. The standard InChI is InChI=1S/C14H21NO2S/c1-14(15-2,13(16)17)9-6-10-18-11-12-7-4-3-5-8-12/h3-5,7-8,15H,6,9-11H2,1-2H3,(H,16,17). The molecule has 3 nitrogen and oxygen atoms in total. The normalized spacial score (nSPS) is 14.1. The summed E-state index contributed by atoms with van der Waals surface area (Å²) < 4.78 is 0. The molecule has 0 radical (unpaired) electrons. The van der Waals surface area contributed by atoms with E-state index in [-0.39, 0.29) is 0 Å². The minimum atomic E-state index is -0.798. The number of rotatable bonds is 8. The third-order valence-corrected chi connectivity index (χ3v) is 4.22. The van der Waals surface area contributed by atoms with Crippen LogP contribution >= 0.6 is 11.8 Å². The van der Waals surface area contributed by atoms with Crippen LogP contribution < -0.4 is 5.32 Å². The molecular formula is C14H21NO2S. The van der Waals surface area contributed by atoms with E-state index in [1.165, 1.54) is 5.56 Å². The third-order valence-electron chi connectivity index (χ3n) is 3.10. The van der Waals surface area contributed by atoms with Gasteiger partial charge >= 0.3 is 5.97 Å². The van der Waals surface area contributed by atoms with Gasteiger partial charge in [0.25, 0.3) is 0 Å². The van der Waals surface area contributed by atoms with E-state index in [1.807, 2.05) is 30.0 Å². The van der Waals surface area contributed by atoms with Crippen molar-refractivity contribution < 1.29 is 9.90 Å². The summed E-state index contributed by atoms with van der Waals surface area (Å²) in [6.07, 6.45) is 1.56. The minimum Gasteiger partial charge on any atom is -0.480 e. The topological polar surface area (TPSA) is 49.3 Å². The van der Waals surface area contributed by atoms with Crippen molar-refractivity contribution in [1.82, 2.24) is 5.32 Å². The van der Waals surface area contributed by atoms with Crippen LogP contribution in [-0.2, 0) is 10.5 Å². The van der Waals surface area contributed by atoms with Crippen molar-refractivity contribution in [3.8, 4) is 0 Å². The Balaban J connectivity index is 2.21. The van der Waals surface area contributed by atoms with Crippen LogP contribution in [0, 0.1) is 0 Å². The van der Waals surface area contributed by atoms with E-state index >= 15 is 0 Å². The van der Waals surface area contributed by atoms with Gasteiger partial charge in [0.05, 0.1) is 0 Å². The maximum absolute atomic E-state index is 11.1. The fourth-order valence-electron chi connectivity index (χ4n) is 1.63. The fraction of sp³-hybridized carbons (Fsp3) is 0.500. The second-order valence-electron chi connectivity index (χ2n) is 4.53. The van der Waals surface area contributed by atoms with Gasteiger partial charge in [-0.25, -0.2) is 0 Å². The van der Waals surface area contributed by atoms with Crippen LogP contribution in [0.1, 0.15) is 25.3 Å². The summed E-state index contributed by atoms with van der Waals surface area (Å²) in [5, 5.41) is 12.0. The van der Waals surface area contributed by atoms with Gasteiger partial charge in [-0.2, -0.15) is 11.8 Å². The first-order chi connectivity index (χ1) is 8.58. The second kappa shape index (κ2) is 7.44. The summed E-state index contributed by atoms with van der Waals surface area (Å²) >= 11 is 1.85. The Kier molecular flexibility index (Phi) is 6.22. The molecule has 1 unspecified atom stereocenters. The van der Waals surface area contributed by atoms with Crippen LogP contribution in [-0.4, -0.2) is 29.4 Å². The Morgan fingerprint density at radius 1 is 1.39 bits per heavy atom. The molecule has 1 rings (SSSR count). The van der Waals surface area contributed by atoms with E-state index in [4.69, 9.17) is 5.11 Å². The molecule has 2 N–H and O–H groups in total. The molecule has 0 fully saturated rings. The van der Waals surface area contributed by atoms with Crippen LogP contribution in [0.3, 0.4) is 0 Å². The molecule has 0 aliphatic heterocycles. The average Bonchev–Trinajstić information content (AvgIpc) is 2.39. The molecule has 0 saturated carbocycles. The van der Waals surface area contributed by atoms with Crippen LogP contribution in [0.4, 0.5) is 0 Å². The molecule has 0 saturated heterocycles. The van der Waals surface area contributed by atoms with Gasteiger partial charge in [0.2, 0.25) is 0 Å². The lowest BCUT2D eigenvalue weighted by molar-refractivity contribution is -0.144. The molecule has 0 amide bonds. The maximum Gasteiger partial charge on any atom is 0.323 e. The van der Waals surface area contributed by atoms with Crippen LogP contribution in [0.15, 0.2) is 30.3 Å². The average molecular weight is 267 g/mol. The van der Waals surface area contributed by atoms with Crippen molar-refractivity contribution in [3.05, 3.63) is 35.9 Å². The number of thioether (sulfide) groups is 1. The highest BCUT2D eigenvalue weighted by Crippen LogP contribution is 2.17. The predicted molar refractivity (Wildman–Crippen MR) is 76.9 cm³/mol. The fourth-order valence-corrected chi connectivity index (χ4v) is 2.55. The molecule has 100 valence electrons. The van der Waals surface area contributed by atoms with E-state index < -0.39 is 11.5 Å². The van der Waals surface area contributed by atoms with Gasteiger partial charge in [-0.15, -0.1) is 0 Å². The maximum atomic E-state index is 11.1. The Bertz CT molecular complexity index is 369. The third kappa shape index (κ3) is 4.70. The number of carbonyl (C=O) groups is 1. The van der Waals surface area contributed by atoms with Crippen molar-refractivity contribution in [1.29, 1.82) is 0 Å². The zero-order valence-electron chi connectivity index (χ0n) is 11.0. The zero-order valence-corrected chi connectivity index (χ0v) is 11.8. The number of likely N-dealkylation sites (N-methyl/N-ethyl adjacent to an activating group) is 1. The predicted octanol–water partition coefficient (Wildman–Crippen LogP) is 2.76.